The monoisotopic (exact) mass is 344 g/mol. The minimum Gasteiger partial charge on any atom is -0.393 e. The highest BCUT2D eigenvalue weighted by Gasteiger charge is 2.69. The van der Waals surface area contributed by atoms with Crippen molar-refractivity contribution in [1.82, 2.24) is 0 Å². The molecule has 9 atom stereocenters. The van der Waals surface area contributed by atoms with Crippen LogP contribution in [-0.4, -0.2) is 23.4 Å². The molecule has 0 amide bonds. The molecule has 6 fully saturated rings. The van der Waals surface area contributed by atoms with Crippen molar-refractivity contribution in [2.75, 3.05) is 6.61 Å². The first-order valence-electron chi connectivity index (χ1n) is 11.4. The van der Waals surface area contributed by atoms with E-state index in [0.29, 0.717) is 16.4 Å². The summed E-state index contributed by atoms with van der Waals surface area (Å²) < 4.78 is 6.12. The molecule has 6 rings (SSSR count). The SMILES string of the molecule is C[C@]12CC[C@@H](O)C[C@@H]1CC[C@@H]1[C@@H]2CC[C@@]23CCC[C@@]4(CO4)[C@H]2CC[C@@H]13. The molecule has 6 aliphatic rings. The van der Waals surface area contributed by atoms with E-state index in [-0.39, 0.29) is 6.10 Å². The molecule has 140 valence electrons. The first kappa shape index (κ1) is 15.9. The van der Waals surface area contributed by atoms with Gasteiger partial charge < -0.3 is 9.84 Å². The second-order valence-corrected chi connectivity index (χ2v) is 11.2. The highest BCUT2D eigenvalue weighted by atomic mass is 16.6. The Morgan fingerprint density at radius 1 is 0.880 bits per heavy atom. The van der Waals surface area contributed by atoms with E-state index in [1.807, 2.05) is 0 Å². The second kappa shape index (κ2) is 5.04. The Balaban J connectivity index is 1.33. The molecule has 2 heteroatoms. The molecule has 0 aromatic heterocycles. The highest BCUT2D eigenvalue weighted by Crippen LogP contribution is 2.73. The van der Waals surface area contributed by atoms with Gasteiger partial charge in [0, 0.05) is 0 Å². The van der Waals surface area contributed by atoms with Gasteiger partial charge in [-0.2, -0.15) is 0 Å². The average molecular weight is 345 g/mol. The Morgan fingerprint density at radius 3 is 2.60 bits per heavy atom. The number of hydrogen-bond acceptors (Lipinski definition) is 2. The molecular formula is C23H36O2. The molecule has 0 bridgehead atoms. The van der Waals surface area contributed by atoms with Crippen LogP contribution in [0.5, 0.6) is 0 Å². The Labute approximate surface area is 153 Å². The zero-order valence-corrected chi connectivity index (χ0v) is 16.0. The zero-order chi connectivity index (χ0) is 16.9. The first-order valence-corrected chi connectivity index (χ1v) is 11.4. The van der Waals surface area contributed by atoms with Crippen molar-refractivity contribution in [3.05, 3.63) is 0 Å². The van der Waals surface area contributed by atoms with Gasteiger partial charge in [-0.05, 0) is 117 Å². The van der Waals surface area contributed by atoms with E-state index in [2.05, 4.69) is 6.92 Å². The van der Waals surface area contributed by atoms with Crippen molar-refractivity contribution in [1.29, 1.82) is 0 Å². The fourth-order valence-corrected chi connectivity index (χ4v) is 9.65. The lowest BCUT2D eigenvalue weighted by molar-refractivity contribution is -0.142. The highest BCUT2D eigenvalue weighted by molar-refractivity contribution is 5.18. The summed E-state index contributed by atoms with van der Waals surface area (Å²) in [5.41, 5.74) is 1.54. The third-order valence-electron chi connectivity index (χ3n) is 10.7. The van der Waals surface area contributed by atoms with Crippen LogP contribution in [0.2, 0.25) is 0 Å². The molecule has 2 nitrogen and oxygen atoms in total. The third kappa shape index (κ3) is 1.94. The predicted molar refractivity (Wildman–Crippen MR) is 98.1 cm³/mol. The van der Waals surface area contributed by atoms with Gasteiger partial charge in [-0.1, -0.05) is 6.92 Å². The average Bonchev–Trinajstić information content (AvgIpc) is 3.24. The minimum absolute atomic E-state index is 0.00867. The first-order chi connectivity index (χ1) is 12.1. The summed E-state index contributed by atoms with van der Waals surface area (Å²) in [6, 6.07) is 0. The van der Waals surface area contributed by atoms with Gasteiger partial charge in [0.05, 0.1) is 18.3 Å². The Morgan fingerprint density at radius 2 is 1.76 bits per heavy atom. The molecule has 1 aliphatic heterocycles. The van der Waals surface area contributed by atoms with E-state index >= 15 is 0 Å². The third-order valence-corrected chi connectivity index (χ3v) is 10.7. The summed E-state index contributed by atoms with van der Waals surface area (Å²) in [4.78, 5) is 0. The molecule has 5 saturated carbocycles. The van der Waals surface area contributed by atoms with Gasteiger partial charge in [-0.3, -0.25) is 0 Å². The van der Waals surface area contributed by atoms with Gasteiger partial charge in [0.2, 0.25) is 0 Å². The number of hydrogen-bond donors (Lipinski definition) is 1. The summed E-state index contributed by atoms with van der Waals surface area (Å²) in [5, 5.41) is 10.2. The lowest BCUT2D eigenvalue weighted by Crippen LogP contribution is -2.56. The molecular weight excluding hydrogens is 308 g/mol. The standard InChI is InChI=1S/C23H36O2/c1-21-11-7-16(24)13-15(21)3-4-17-18(21)8-12-22-9-2-10-23(14-25-23)20(22)6-5-19(17)22/h15-20,24H,2-14H2,1H3/t15-,16+,17+,18-,19-,20-,21-,22+,23+/m0/s1. The van der Waals surface area contributed by atoms with Crippen molar-refractivity contribution < 1.29 is 9.84 Å². The summed E-state index contributed by atoms with van der Waals surface area (Å²) in [6.07, 6.45) is 16.5. The number of epoxide rings is 1. The molecule has 1 heterocycles. The van der Waals surface area contributed by atoms with E-state index in [1.165, 1.54) is 64.2 Å². The van der Waals surface area contributed by atoms with Crippen molar-refractivity contribution in [2.45, 2.75) is 95.7 Å². The number of ether oxygens (including phenoxy) is 1. The Hall–Kier alpha value is -0.0800. The van der Waals surface area contributed by atoms with E-state index in [4.69, 9.17) is 4.74 Å². The van der Waals surface area contributed by atoms with Gasteiger partial charge in [0.1, 0.15) is 0 Å². The summed E-state index contributed by atoms with van der Waals surface area (Å²) in [5.74, 6) is 4.64. The molecule has 1 N–H and O–H groups in total. The number of aliphatic hydroxyl groups is 1. The van der Waals surface area contributed by atoms with Crippen LogP contribution in [0.3, 0.4) is 0 Å². The summed E-state index contributed by atoms with van der Waals surface area (Å²) in [6.45, 7) is 3.70. The molecule has 0 radical (unpaired) electrons. The van der Waals surface area contributed by atoms with Crippen LogP contribution in [0.25, 0.3) is 0 Å². The Kier molecular flexibility index (Phi) is 3.21. The van der Waals surface area contributed by atoms with Gasteiger partial charge in [0.15, 0.2) is 0 Å². The number of aliphatic hydroxyl groups excluding tert-OH is 1. The van der Waals surface area contributed by atoms with Crippen LogP contribution in [0.15, 0.2) is 0 Å². The maximum Gasteiger partial charge on any atom is 0.0949 e. The van der Waals surface area contributed by atoms with Gasteiger partial charge in [-0.25, -0.2) is 0 Å². The molecule has 5 aliphatic carbocycles. The van der Waals surface area contributed by atoms with Crippen molar-refractivity contribution in [2.24, 2.45) is 40.4 Å². The maximum atomic E-state index is 10.2. The second-order valence-electron chi connectivity index (χ2n) is 11.2. The van der Waals surface area contributed by atoms with E-state index < -0.39 is 0 Å². The van der Waals surface area contributed by atoms with Crippen LogP contribution in [-0.2, 0) is 4.74 Å². The smallest absolute Gasteiger partial charge is 0.0949 e. The van der Waals surface area contributed by atoms with Crippen LogP contribution in [0.1, 0.15) is 84.0 Å². The molecule has 0 aromatic rings. The molecule has 1 saturated heterocycles. The van der Waals surface area contributed by atoms with Crippen LogP contribution in [0, 0.1) is 40.4 Å². The van der Waals surface area contributed by atoms with Gasteiger partial charge in [0.25, 0.3) is 0 Å². The topological polar surface area (TPSA) is 32.8 Å². The zero-order valence-electron chi connectivity index (χ0n) is 16.0. The van der Waals surface area contributed by atoms with Gasteiger partial charge in [-0.15, -0.1) is 0 Å². The summed E-state index contributed by atoms with van der Waals surface area (Å²) >= 11 is 0. The molecule has 0 unspecified atom stereocenters. The fraction of sp³-hybridized carbons (Fsp3) is 1.00. The lowest BCUT2D eigenvalue weighted by atomic mass is 9.43. The molecule has 2 spiro atoms. The number of fused-ring (bicyclic) bond motifs is 5. The lowest BCUT2D eigenvalue weighted by Gasteiger charge is -2.62. The quantitative estimate of drug-likeness (QED) is 0.631. The normalized spacial score (nSPS) is 62.6. The Bertz CT molecular complexity index is 568. The van der Waals surface area contributed by atoms with E-state index in [0.717, 1.165) is 49.0 Å². The number of rotatable bonds is 0. The maximum absolute atomic E-state index is 10.2. The minimum atomic E-state index is -0.00867. The fourth-order valence-electron chi connectivity index (χ4n) is 9.65. The van der Waals surface area contributed by atoms with Crippen LogP contribution in [0.4, 0.5) is 0 Å². The summed E-state index contributed by atoms with van der Waals surface area (Å²) in [7, 11) is 0. The van der Waals surface area contributed by atoms with E-state index in [9.17, 15) is 5.11 Å². The van der Waals surface area contributed by atoms with Crippen molar-refractivity contribution >= 4 is 0 Å². The van der Waals surface area contributed by atoms with Crippen LogP contribution >= 0.6 is 0 Å². The van der Waals surface area contributed by atoms with Crippen LogP contribution < -0.4 is 0 Å². The van der Waals surface area contributed by atoms with Crippen molar-refractivity contribution in [3.63, 3.8) is 0 Å². The predicted octanol–water partition coefficient (Wildman–Crippen LogP) is 4.94. The molecule has 0 aromatic carbocycles. The van der Waals surface area contributed by atoms with E-state index in [1.54, 1.807) is 0 Å². The largest absolute Gasteiger partial charge is 0.393 e. The van der Waals surface area contributed by atoms with Crippen molar-refractivity contribution in [3.8, 4) is 0 Å². The van der Waals surface area contributed by atoms with Gasteiger partial charge >= 0.3 is 0 Å². The molecule has 25 heavy (non-hydrogen) atoms.